The molecule has 0 unspecified atom stereocenters. The van der Waals surface area contributed by atoms with Crippen molar-refractivity contribution in [3.63, 3.8) is 0 Å². The minimum absolute atomic E-state index is 0.654. The summed E-state index contributed by atoms with van der Waals surface area (Å²) in [5.74, 6) is 0. The van der Waals surface area contributed by atoms with Crippen LogP contribution in [-0.2, 0) is 0 Å². The quantitative estimate of drug-likeness (QED) is 0.655. The van der Waals surface area contributed by atoms with Gasteiger partial charge >= 0.3 is 0 Å². The highest BCUT2D eigenvalue weighted by Gasteiger charge is 2.18. The van der Waals surface area contributed by atoms with Gasteiger partial charge in [-0.2, -0.15) is 0 Å². The Hall–Kier alpha value is -0.700. The van der Waals surface area contributed by atoms with Crippen LogP contribution in [0.25, 0.3) is 0 Å². The highest BCUT2D eigenvalue weighted by atomic mass is 79.9. The van der Waals surface area contributed by atoms with Crippen LogP contribution in [0.5, 0.6) is 0 Å². The van der Waals surface area contributed by atoms with Gasteiger partial charge in [0, 0.05) is 17.6 Å². The van der Waals surface area contributed by atoms with Gasteiger partial charge in [-0.05, 0) is 31.0 Å². The zero-order valence-electron chi connectivity index (χ0n) is 10.5. The maximum Gasteiger partial charge on any atom is 0.0600 e. The van der Waals surface area contributed by atoms with Crippen molar-refractivity contribution in [1.29, 1.82) is 0 Å². The van der Waals surface area contributed by atoms with Crippen molar-refractivity contribution < 1.29 is 0 Å². The summed E-state index contributed by atoms with van der Waals surface area (Å²) in [6.45, 7) is 0. The lowest BCUT2D eigenvalue weighted by Gasteiger charge is -2.30. The number of nitrogens with zero attached hydrogens (tertiary/aromatic N) is 1. The fourth-order valence-corrected chi connectivity index (χ4v) is 3.07. The Balaban J connectivity index is 2.14. The third kappa shape index (κ3) is 3.15. The largest absolute Gasteiger partial charge is 0.397 e. The van der Waals surface area contributed by atoms with Crippen molar-refractivity contribution in [2.75, 3.05) is 17.7 Å². The van der Waals surface area contributed by atoms with Crippen LogP contribution < -0.4 is 10.6 Å². The highest BCUT2D eigenvalue weighted by Crippen LogP contribution is 2.30. The summed E-state index contributed by atoms with van der Waals surface area (Å²) in [6.07, 6.45) is 8.08. The summed E-state index contributed by atoms with van der Waals surface area (Å²) < 4.78 is 1.05. The molecule has 1 aliphatic carbocycles. The smallest absolute Gasteiger partial charge is 0.0600 e. The minimum Gasteiger partial charge on any atom is -0.397 e. The second-order valence-electron chi connectivity index (χ2n) is 4.96. The Morgan fingerprint density at radius 1 is 1.18 bits per heavy atom. The predicted molar refractivity (Wildman–Crippen MR) is 78.4 cm³/mol. The number of nitrogen functional groups attached to an aromatic ring is 1. The van der Waals surface area contributed by atoms with Gasteiger partial charge in [0.2, 0.25) is 0 Å². The topological polar surface area (TPSA) is 29.3 Å². The number of nitrogens with two attached hydrogens (primary N) is 1. The Morgan fingerprint density at radius 3 is 2.41 bits per heavy atom. The third-order valence-electron chi connectivity index (χ3n) is 3.74. The fourth-order valence-electron chi connectivity index (χ4n) is 2.69. The van der Waals surface area contributed by atoms with E-state index in [0.717, 1.165) is 10.2 Å². The molecular formula is C14H21BrN2. The van der Waals surface area contributed by atoms with E-state index in [9.17, 15) is 0 Å². The Labute approximate surface area is 112 Å². The molecule has 0 aromatic heterocycles. The zero-order valence-corrected chi connectivity index (χ0v) is 12.0. The Bertz CT molecular complexity index is 370. The highest BCUT2D eigenvalue weighted by molar-refractivity contribution is 9.10. The van der Waals surface area contributed by atoms with Crippen molar-refractivity contribution in [3.8, 4) is 0 Å². The van der Waals surface area contributed by atoms with Crippen LogP contribution in [0, 0.1) is 0 Å². The van der Waals surface area contributed by atoms with E-state index < -0.39 is 0 Å². The first-order chi connectivity index (χ1) is 8.18. The standard InChI is InChI=1S/C14H21BrN2/c1-17(12-6-4-2-3-5-7-12)14-9-8-11(15)10-13(14)16/h8-10,12H,2-7,16H2,1H3. The molecule has 1 aromatic carbocycles. The molecule has 1 aromatic rings. The van der Waals surface area contributed by atoms with Crippen molar-refractivity contribution in [3.05, 3.63) is 22.7 Å². The number of anilines is 2. The molecule has 2 N–H and O–H groups in total. The zero-order chi connectivity index (χ0) is 12.3. The average molecular weight is 297 g/mol. The first-order valence-electron chi connectivity index (χ1n) is 6.46. The van der Waals surface area contributed by atoms with E-state index in [2.05, 4.69) is 40.0 Å². The number of hydrogen-bond acceptors (Lipinski definition) is 2. The van der Waals surface area contributed by atoms with E-state index in [1.54, 1.807) is 0 Å². The summed E-state index contributed by atoms with van der Waals surface area (Å²) in [7, 11) is 2.18. The van der Waals surface area contributed by atoms with E-state index in [4.69, 9.17) is 5.73 Å². The van der Waals surface area contributed by atoms with E-state index >= 15 is 0 Å². The number of hydrogen-bond donors (Lipinski definition) is 1. The molecule has 0 radical (unpaired) electrons. The second-order valence-corrected chi connectivity index (χ2v) is 5.88. The summed E-state index contributed by atoms with van der Waals surface area (Å²) in [5, 5.41) is 0. The lowest BCUT2D eigenvalue weighted by atomic mass is 10.1. The molecule has 1 fully saturated rings. The lowest BCUT2D eigenvalue weighted by Crippen LogP contribution is -2.31. The normalized spacial score (nSPS) is 17.8. The molecule has 17 heavy (non-hydrogen) atoms. The molecule has 2 rings (SSSR count). The maximum atomic E-state index is 6.10. The van der Waals surface area contributed by atoms with Gasteiger partial charge in [-0.1, -0.05) is 41.6 Å². The van der Waals surface area contributed by atoms with Crippen molar-refractivity contribution >= 4 is 27.3 Å². The average Bonchev–Trinajstić information content (AvgIpc) is 2.56. The monoisotopic (exact) mass is 296 g/mol. The summed E-state index contributed by atoms with van der Waals surface area (Å²) in [4.78, 5) is 2.37. The minimum atomic E-state index is 0.654. The number of benzene rings is 1. The molecule has 0 amide bonds. The third-order valence-corrected chi connectivity index (χ3v) is 4.24. The Kier molecular flexibility index (Phi) is 4.32. The molecule has 1 saturated carbocycles. The van der Waals surface area contributed by atoms with E-state index in [0.29, 0.717) is 6.04 Å². The van der Waals surface area contributed by atoms with Crippen molar-refractivity contribution in [2.45, 2.75) is 44.6 Å². The number of rotatable bonds is 2. The van der Waals surface area contributed by atoms with Crippen LogP contribution in [-0.4, -0.2) is 13.1 Å². The molecule has 94 valence electrons. The second kappa shape index (κ2) is 5.76. The summed E-state index contributed by atoms with van der Waals surface area (Å²) in [6, 6.07) is 6.83. The van der Waals surface area contributed by atoms with Crippen LogP contribution >= 0.6 is 15.9 Å². The van der Waals surface area contributed by atoms with Crippen LogP contribution in [0.2, 0.25) is 0 Å². The van der Waals surface area contributed by atoms with Crippen molar-refractivity contribution in [2.24, 2.45) is 0 Å². The van der Waals surface area contributed by atoms with E-state index in [1.807, 2.05) is 6.07 Å². The van der Waals surface area contributed by atoms with Gasteiger partial charge < -0.3 is 10.6 Å². The molecule has 3 heteroatoms. The SMILES string of the molecule is CN(c1ccc(Br)cc1N)C1CCCCCC1. The molecule has 0 saturated heterocycles. The lowest BCUT2D eigenvalue weighted by molar-refractivity contribution is 0.553. The van der Waals surface area contributed by atoms with Gasteiger partial charge in [0.15, 0.2) is 0 Å². The van der Waals surface area contributed by atoms with Gasteiger partial charge in [0.25, 0.3) is 0 Å². The van der Waals surface area contributed by atoms with Gasteiger partial charge in [0.05, 0.1) is 11.4 Å². The molecule has 0 heterocycles. The van der Waals surface area contributed by atoms with E-state index in [1.165, 1.54) is 44.2 Å². The van der Waals surface area contributed by atoms with Crippen molar-refractivity contribution in [1.82, 2.24) is 0 Å². The fraction of sp³-hybridized carbons (Fsp3) is 0.571. The maximum absolute atomic E-state index is 6.10. The molecule has 0 spiro atoms. The molecular weight excluding hydrogens is 276 g/mol. The molecule has 2 nitrogen and oxygen atoms in total. The Morgan fingerprint density at radius 2 is 1.82 bits per heavy atom. The van der Waals surface area contributed by atoms with Gasteiger partial charge in [0.1, 0.15) is 0 Å². The summed E-state index contributed by atoms with van der Waals surface area (Å²) >= 11 is 3.46. The van der Waals surface area contributed by atoms with Crippen LogP contribution in [0.3, 0.4) is 0 Å². The van der Waals surface area contributed by atoms with Crippen LogP contribution in [0.4, 0.5) is 11.4 Å². The van der Waals surface area contributed by atoms with Gasteiger partial charge in [-0.25, -0.2) is 0 Å². The molecule has 0 atom stereocenters. The number of halogens is 1. The predicted octanol–water partition coefficient (Wildman–Crippen LogP) is 4.19. The van der Waals surface area contributed by atoms with Gasteiger partial charge in [-0.3, -0.25) is 0 Å². The van der Waals surface area contributed by atoms with Gasteiger partial charge in [-0.15, -0.1) is 0 Å². The van der Waals surface area contributed by atoms with Crippen LogP contribution in [0.1, 0.15) is 38.5 Å². The molecule has 0 aliphatic heterocycles. The molecule has 0 bridgehead atoms. The first kappa shape index (κ1) is 12.7. The van der Waals surface area contributed by atoms with E-state index in [-0.39, 0.29) is 0 Å². The molecule has 1 aliphatic rings. The van der Waals surface area contributed by atoms with Crippen LogP contribution in [0.15, 0.2) is 22.7 Å². The first-order valence-corrected chi connectivity index (χ1v) is 7.25. The summed E-state index contributed by atoms with van der Waals surface area (Å²) in [5.41, 5.74) is 8.13.